The molecule has 2 aromatic rings. The number of amides is 2. The molecule has 0 aliphatic carbocycles. The highest BCUT2D eigenvalue weighted by molar-refractivity contribution is 14.1. The second-order valence-corrected chi connectivity index (χ2v) is 8.99. The van der Waals surface area contributed by atoms with Crippen molar-refractivity contribution in [2.24, 2.45) is 0 Å². The van der Waals surface area contributed by atoms with Crippen LogP contribution in [0.15, 0.2) is 53.4 Å². The number of rotatable bonds is 5. The molecule has 1 saturated heterocycles. The third-order valence-electron chi connectivity index (χ3n) is 3.76. The van der Waals surface area contributed by atoms with E-state index in [1.54, 1.807) is 12.1 Å². The Morgan fingerprint density at radius 3 is 2.63 bits per heavy atom. The summed E-state index contributed by atoms with van der Waals surface area (Å²) in [6, 6.07) is 14.8. The van der Waals surface area contributed by atoms with E-state index in [0.717, 1.165) is 14.8 Å². The van der Waals surface area contributed by atoms with Crippen LogP contribution in [0.1, 0.15) is 12.0 Å². The van der Waals surface area contributed by atoms with Gasteiger partial charge in [-0.05, 0) is 64.6 Å². The molecule has 3 rings (SSSR count). The Morgan fingerprint density at radius 2 is 1.93 bits per heavy atom. The second-order valence-electron chi connectivity index (χ2n) is 5.66. The molecule has 8 heteroatoms. The van der Waals surface area contributed by atoms with Gasteiger partial charge in [-0.3, -0.25) is 14.5 Å². The molecule has 0 atom stereocenters. The first-order valence-electron chi connectivity index (χ1n) is 7.99. The van der Waals surface area contributed by atoms with Crippen LogP contribution in [0.5, 0.6) is 0 Å². The Hall–Kier alpha value is -1.42. The molecule has 27 heavy (non-hydrogen) atoms. The summed E-state index contributed by atoms with van der Waals surface area (Å²) in [6.07, 6.45) is 1.89. The zero-order chi connectivity index (χ0) is 19.4. The van der Waals surface area contributed by atoms with E-state index < -0.39 is 0 Å². The first-order chi connectivity index (χ1) is 12.9. The Kier molecular flexibility index (Phi) is 6.91. The van der Waals surface area contributed by atoms with Crippen molar-refractivity contribution in [3.8, 4) is 0 Å². The number of hydrogen-bond donors (Lipinski definition) is 1. The molecule has 2 aromatic carbocycles. The highest BCUT2D eigenvalue weighted by Gasteiger charge is 2.32. The van der Waals surface area contributed by atoms with Crippen LogP contribution in [0.4, 0.5) is 5.69 Å². The summed E-state index contributed by atoms with van der Waals surface area (Å²) in [5, 5.41) is 3.39. The number of hydrogen-bond acceptors (Lipinski definition) is 4. The molecule has 1 heterocycles. The van der Waals surface area contributed by atoms with Crippen molar-refractivity contribution in [1.82, 2.24) is 4.90 Å². The van der Waals surface area contributed by atoms with Crippen molar-refractivity contribution in [3.63, 3.8) is 0 Å². The highest BCUT2D eigenvalue weighted by Crippen LogP contribution is 2.33. The van der Waals surface area contributed by atoms with E-state index in [1.165, 1.54) is 16.7 Å². The highest BCUT2D eigenvalue weighted by atomic mass is 127. The molecule has 4 nitrogen and oxygen atoms in total. The fourth-order valence-corrected chi connectivity index (χ4v) is 4.25. The van der Waals surface area contributed by atoms with Crippen LogP contribution in [0.3, 0.4) is 0 Å². The van der Waals surface area contributed by atoms with Crippen molar-refractivity contribution >= 4 is 86.1 Å². The van der Waals surface area contributed by atoms with Gasteiger partial charge < -0.3 is 5.32 Å². The zero-order valence-corrected chi connectivity index (χ0v) is 18.5. The van der Waals surface area contributed by atoms with Crippen molar-refractivity contribution in [3.05, 3.63) is 67.6 Å². The summed E-state index contributed by atoms with van der Waals surface area (Å²) in [7, 11) is 0. The van der Waals surface area contributed by atoms with Crippen LogP contribution >= 0.6 is 58.2 Å². The fraction of sp³-hybridized carbons (Fsp3) is 0.105. The smallest absolute Gasteiger partial charge is 0.266 e. The van der Waals surface area contributed by atoms with Gasteiger partial charge in [-0.15, -0.1) is 0 Å². The predicted octanol–water partition coefficient (Wildman–Crippen LogP) is 5.17. The van der Waals surface area contributed by atoms with Gasteiger partial charge >= 0.3 is 0 Å². The first kappa shape index (κ1) is 20.3. The second kappa shape index (κ2) is 9.18. The summed E-state index contributed by atoms with van der Waals surface area (Å²) >= 11 is 14.9. The Bertz CT molecular complexity index is 932. The number of halogens is 2. The summed E-state index contributed by atoms with van der Waals surface area (Å²) < 4.78 is 1.54. The summed E-state index contributed by atoms with van der Waals surface area (Å²) in [5.74, 6) is -0.368. The Labute approximate surface area is 185 Å². The normalized spacial score (nSPS) is 15.5. The minimum absolute atomic E-state index is 0.164. The number of thiocarbonyl (C=S) groups is 1. The van der Waals surface area contributed by atoms with Crippen LogP contribution < -0.4 is 5.32 Å². The van der Waals surface area contributed by atoms with Crippen LogP contribution in [0, 0.1) is 3.57 Å². The monoisotopic (exact) mass is 528 g/mol. The van der Waals surface area contributed by atoms with E-state index in [4.69, 9.17) is 23.8 Å². The first-order valence-corrected chi connectivity index (χ1v) is 10.7. The van der Waals surface area contributed by atoms with E-state index in [2.05, 4.69) is 27.9 Å². The summed E-state index contributed by atoms with van der Waals surface area (Å²) in [6.45, 7) is 0.237. The average Bonchev–Trinajstić information content (AvgIpc) is 2.90. The van der Waals surface area contributed by atoms with Crippen molar-refractivity contribution in [2.45, 2.75) is 6.42 Å². The van der Waals surface area contributed by atoms with Crippen molar-refractivity contribution in [1.29, 1.82) is 0 Å². The maximum atomic E-state index is 12.6. The fourth-order valence-electron chi connectivity index (χ4n) is 2.40. The van der Waals surface area contributed by atoms with Crippen LogP contribution in [0.2, 0.25) is 5.02 Å². The molecule has 0 aromatic heterocycles. The minimum Gasteiger partial charge on any atom is -0.326 e. The molecule has 1 N–H and O–H groups in total. The average molecular weight is 529 g/mol. The van der Waals surface area contributed by atoms with E-state index in [9.17, 15) is 9.59 Å². The minimum atomic E-state index is -0.202. The van der Waals surface area contributed by atoms with Crippen LogP contribution in [0.25, 0.3) is 6.08 Å². The van der Waals surface area contributed by atoms with E-state index in [1.807, 2.05) is 42.5 Å². The lowest BCUT2D eigenvalue weighted by Gasteiger charge is -2.14. The topological polar surface area (TPSA) is 49.4 Å². The van der Waals surface area contributed by atoms with Gasteiger partial charge in [0.05, 0.1) is 4.91 Å². The van der Waals surface area contributed by atoms with E-state index in [-0.39, 0.29) is 24.8 Å². The number of carbonyl (C=O) groups is 2. The van der Waals surface area contributed by atoms with Crippen LogP contribution in [-0.2, 0) is 9.59 Å². The van der Waals surface area contributed by atoms with Gasteiger partial charge in [0, 0.05) is 27.2 Å². The molecule has 1 fully saturated rings. The van der Waals surface area contributed by atoms with Crippen molar-refractivity contribution in [2.75, 3.05) is 11.9 Å². The molecular weight excluding hydrogens is 515 g/mol. The lowest BCUT2D eigenvalue weighted by molar-refractivity contribution is -0.122. The molecule has 0 spiro atoms. The van der Waals surface area contributed by atoms with E-state index >= 15 is 0 Å². The van der Waals surface area contributed by atoms with Gasteiger partial charge in [-0.2, -0.15) is 0 Å². The third kappa shape index (κ3) is 5.31. The molecule has 138 valence electrons. The SMILES string of the molecule is O=C(CCN1C(=O)/C(=C/c2ccccc2Cl)SC1=S)Nc1ccc(I)cc1. The van der Waals surface area contributed by atoms with Gasteiger partial charge in [0.1, 0.15) is 4.32 Å². The van der Waals surface area contributed by atoms with Gasteiger partial charge in [-0.1, -0.05) is 53.8 Å². The maximum Gasteiger partial charge on any atom is 0.266 e. The lowest BCUT2D eigenvalue weighted by Crippen LogP contribution is -2.31. The van der Waals surface area contributed by atoms with E-state index in [0.29, 0.717) is 14.2 Å². The number of thioether (sulfide) groups is 1. The number of nitrogens with one attached hydrogen (secondary N) is 1. The number of carbonyl (C=O) groups excluding carboxylic acids is 2. The number of nitrogens with zero attached hydrogens (tertiary/aromatic N) is 1. The lowest BCUT2D eigenvalue weighted by atomic mass is 10.2. The molecule has 0 saturated carbocycles. The predicted molar refractivity (Wildman–Crippen MR) is 124 cm³/mol. The molecular formula is C19H14ClIN2O2S2. The zero-order valence-electron chi connectivity index (χ0n) is 13.9. The van der Waals surface area contributed by atoms with Gasteiger partial charge in [0.25, 0.3) is 5.91 Å². The quantitative estimate of drug-likeness (QED) is 0.330. The summed E-state index contributed by atoms with van der Waals surface area (Å²) in [5.41, 5.74) is 1.49. The third-order valence-corrected chi connectivity index (χ3v) is 6.20. The maximum absolute atomic E-state index is 12.6. The number of anilines is 1. The number of benzene rings is 2. The standard InChI is InChI=1S/C19H14ClIN2O2S2/c20-15-4-2-1-3-12(15)11-16-18(25)23(19(26)27-16)10-9-17(24)22-14-7-5-13(21)6-8-14/h1-8,11H,9-10H2,(H,22,24)/b16-11-. The van der Waals surface area contributed by atoms with Gasteiger partial charge in [0.15, 0.2) is 0 Å². The molecule has 1 aliphatic heterocycles. The summed E-state index contributed by atoms with van der Waals surface area (Å²) in [4.78, 5) is 26.7. The van der Waals surface area contributed by atoms with Gasteiger partial charge in [0.2, 0.25) is 5.91 Å². The van der Waals surface area contributed by atoms with Gasteiger partial charge in [-0.25, -0.2) is 0 Å². The van der Waals surface area contributed by atoms with Crippen molar-refractivity contribution < 1.29 is 9.59 Å². The van der Waals surface area contributed by atoms with Crippen LogP contribution in [-0.4, -0.2) is 27.6 Å². The molecule has 0 bridgehead atoms. The molecule has 2 amide bonds. The Morgan fingerprint density at radius 1 is 1.22 bits per heavy atom. The molecule has 0 unspecified atom stereocenters. The molecule has 0 radical (unpaired) electrons. The largest absolute Gasteiger partial charge is 0.326 e. The Balaban J connectivity index is 1.61. The molecule has 1 aliphatic rings.